The first-order valence-electron chi connectivity index (χ1n) is 4.14. The third-order valence-electron chi connectivity index (χ3n) is 1.78. The van der Waals surface area contributed by atoms with Gasteiger partial charge in [0.2, 0.25) is 0 Å². The molecule has 3 nitrogen and oxygen atoms in total. The van der Waals surface area contributed by atoms with Crippen molar-refractivity contribution in [1.29, 1.82) is 0 Å². The van der Waals surface area contributed by atoms with Crippen LogP contribution in [0.4, 0.5) is 5.69 Å². The van der Waals surface area contributed by atoms with Gasteiger partial charge in [-0.15, -0.1) is 6.58 Å². The van der Waals surface area contributed by atoms with Crippen LogP contribution >= 0.6 is 0 Å². The van der Waals surface area contributed by atoms with E-state index in [-0.39, 0.29) is 0 Å². The molecule has 0 atom stereocenters. The van der Waals surface area contributed by atoms with E-state index in [2.05, 4.69) is 11.7 Å². The smallest absolute Gasteiger partial charge is 0.0822 e. The molecule has 0 amide bonds. The van der Waals surface area contributed by atoms with E-state index in [1.807, 2.05) is 23.9 Å². The van der Waals surface area contributed by atoms with Gasteiger partial charge in [0.1, 0.15) is 0 Å². The van der Waals surface area contributed by atoms with E-state index < -0.39 is 0 Å². The molecule has 1 aromatic heterocycles. The Morgan fingerprint density at radius 1 is 1.75 bits per heavy atom. The Morgan fingerprint density at radius 2 is 2.50 bits per heavy atom. The van der Waals surface area contributed by atoms with Gasteiger partial charge in [-0.3, -0.25) is 4.68 Å². The number of unbranched alkanes of at least 4 members (excludes halogenated alkanes) is 1. The highest BCUT2D eigenvalue weighted by atomic mass is 15.3. The van der Waals surface area contributed by atoms with E-state index >= 15 is 0 Å². The molecule has 66 valence electrons. The zero-order valence-corrected chi connectivity index (χ0v) is 7.45. The quantitative estimate of drug-likeness (QED) is 0.545. The number of aromatic nitrogens is 2. The van der Waals surface area contributed by atoms with Crippen molar-refractivity contribution in [2.45, 2.75) is 26.3 Å². The fraction of sp³-hybridized carbons (Fsp3) is 0.444. The molecule has 0 fully saturated rings. The number of hydrogen-bond acceptors (Lipinski definition) is 2. The molecule has 0 aliphatic rings. The lowest BCUT2D eigenvalue weighted by Gasteiger charge is -1.97. The minimum atomic E-state index is 0.772. The zero-order chi connectivity index (χ0) is 8.97. The molecule has 0 saturated carbocycles. The van der Waals surface area contributed by atoms with E-state index in [4.69, 9.17) is 5.73 Å². The third-order valence-corrected chi connectivity index (χ3v) is 1.78. The predicted octanol–water partition coefficient (Wildman–Crippen LogP) is 1.74. The van der Waals surface area contributed by atoms with E-state index in [0.29, 0.717) is 0 Å². The number of nitrogens with zero attached hydrogens (tertiary/aromatic N) is 2. The van der Waals surface area contributed by atoms with Gasteiger partial charge in [0.25, 0.3) is 0 Å². The van der Waals surface area contributed by atoms with Crippen LogP contribution in [-0.4, -0.2) is 9.78 Å². The minimum absolute atomic E-state index is 0.772. The highest BCUT2D eigenvalue weighted by molar-refractivity contribution is 5.39. The normalized spacial score (nSPS) is 10.1. The number of aryl methyl sites for hydroxylation is 2. The molecule has 0 spiro atoms. The standard InChI is InChI=1S/C9H15N3/c1-3-4-5-6-12-7-9(10)8(2)11-12/h3,7H,1,4-6,10H2,2H3. The van der Waals surface area contributed by atoms with Gasteiger partial charge in [0, 0.05) is 12.7 Å². The molecule has 12 heavy (non-hydrogen) atoms. The van der Waals surface area contributed by atoms with Crippen LogP contribution in [0.2, 0.25) is 0 Å². The van der Waals surface area contributed by atoms with Gasteiger partial charge in [0.05, 0.1) is 11.4 Å². The summed E-state index contributed by atoms with van der Waals surface area (Å²) in [6.45, 7) is 6.50. The SMILES string of the molecule is C=CCCCn1cc(N)c(C)n1. The lowest BCUT2D eigenvalue weighted by Crippen LogP contribution is -1.97. The average Bonchev–Trinajstić information content (AvgIpc) is 2.32. The van der Waals surface area contributed by atoms with E-state index in [1.165, 1.54) is 0 Å². The fourth-order valence-electron chi connectivity index (χ4n) is 1.05. The molecule has 0 radical (unpaired) electrons. The second-order valence-electron chi connectivity index (χ2n) is 2.86. The Bertz CT molecular complexity index is 243. The van der Waals surface area contributed by atoms with Crippen molar-refractivity contribution >= 4 is 5.69 Å². The van der Waals surface area contributed by atoms with Crippen molar-refractivity contribution in [3.63, 3.8) is 0 Å². The first-order chi connectivity index (χ1) is 5.74. The molecule has 3 heteroatoms. The third kappa shape index (κ3) is 2.12. The van der Waals surface area contributed by atoms with Crippen LogP contribution in [0.15, 0.2) is 18.9 Å². The molecular formula is C9H15N3. The van der Waals surface area contributed by atoms with E-state index in [9.17, 15) is 0 Å². The summed E-state index contributed by atoms with van der Waals surface area (Å²) in [4.78, 5) is 0. The maximum Gasteiger partial charge on any atom is 0.0822 e. The van der Waals surface area contributed by atoms with Crippen molar-refractivity contribution < 1.29 is 0 Å². The van der Waals surface area contributed by atoms with Gasteiger partial charge in [-0.2, -0.15) is 5.10 Å². The average molecular weight is 165 g/mol. The Morgan fingerprint density at radius 3 is 3.00 bits per heavy atom. The van der Waals surface area contributed by atoms with Gasteiger partial charge in [0.15, 0.2) is 0 Å². The summed E-state index contributed by atoms with van der Waals surface area (Å²) in [6, 6.07) is 0. The van der Waals surface area contributed by atoms with Crippen molar-refractivity contribution in [2.75, 3.05) is 5.73 Å². The lowest BCUT2D eigenvalue weighted by molar-refractivity contribution is 0.580. The summed E-state index contributed by atoms with van der Waals surface area (Å²) >= 11 is 0. The Labute approximate surface area is 72.9 Å². The van der Waals surface area contributed by atoms with Gasteiger partial charge >= 0.3 is 0 Å². The molecule has 2 N–H and O–H groups in total. The maximum absolute atomic E-state index is 5.64. The number of anilines is 1. The van der Waals surface area contributed by atoms with Crippen molar-refractivity contribution in [3.8, 4) is 0 Å². The number of nitrogens with two attached hydrogens (primary N) is 1. The summed E-state index contributed by atoms with van der Waals surface area (Å²) < 4.78 is 1.88. The number of nitrogen functional groups attached to an aromatic ring is 1. The molecular weight excluding hydrogens is 150 g/mol. The largest absolute Gasteiger partial charge is 0.396 e. The minimum Gasteiger partial charge on any atom is -0.396 e. The Hall–Kier alpha value is -1.25. The predicted molar refractivity (Wildman–Crippen MR) is 50.8 cm³/mol. The van der Waals surface area contributed by atoms with E-state index in [0.717, 1.165) is 30.8 Å². The molecule has 1 heterocycles. The molecule has 0 bridgehead atoms. The van der Waals surface area contributed by atoms with Crippen LogP contribution in [0.1, 0.15) is 18.5 Å². The summed E-state index contributed by atoms with van der Waals surface area (Å²) in [5.41, 5.74) is 7.32. The molecule has 0 aliphatic heterocycles. The van der Waals surface area contributed by atoms with Crippen LogP contribution in [0, 0.1) is 6.92 Å². The molecule has 0 aromatic carbocycles. The van der Waals surface area contributed by atoms with Crippen LogP contribution in [-0.2, 0) is 6.54 Å². The van der Waals surface area contributed by atoms with Crippen LogP contribution in [0.25, 0.3) is 0 Å². The Balaban J connectivity index is 2.47. The summed E-state index contributed by atoms with van der Waals surface area (Å²) in [6.07, 6.45) is 5.89. The van der Waals surface area contributed by atoms with Crippen molar-refractivity contribution in [2.24, 2.45) is 0 Å². The summed E-state index contributed by atoms with van der Waals surface area (Å²) in [7, 11) is 0. The molecule has 0 aliphatic carbocycles. The Kier molecular flexibility index (Phi) is 2.91. The lowest BCUT2D eigenvalue weighted by atomic mass is 10.3. The highest BCUT2D eigenvalue weighted by Crippen LogP contribution is 2.07. The molecule has 0 saturated heterocycles. The maximum atomic E-state index is 5.64. The molecule has 1 rings (SSSR count). The van der Waals surface area contributed by atoms with Crippen LogP contribution in [0.3, 0.4) is 0 Å². The first-order valence-corrected chi connectivity index (χ1v) is 4.14. The highest BCUT2D eigenvalue weighted by Gasteiger charge is 1.98. The summed E-state index contributed by atoms with van der Waals surface area (Å²) in [5.74, 6) is 0. The molecule has 1 aromatic rings. The number of rotatable bonds is 4. The van der Waals surface area contributed by atoms with E-state index in [1.54, 1.807) is 0 Å². The monoisotopic (exact) mass is 165 g/mol. The van der Waals surface area contributed by atoms with Crippen LogP contribution in [0.5, 0.6) is 0 Å². The number of allylic oxidation sites excluding steroid dienone is 1. The second-order valence-corrected chi connectivity index (χ2v) is 2.86. The zero-order valence-electron chi connectivity index (χ0n) is 7.45. The van der Waals surface area contributed by atoms with Crippen LogP contribution < -0.4 is 5.73 Å². The topological polar surface area (TPSA) is 43.8 Å². The summed E-state index contributed by atoms with van der Waals surface area (Å²) in [5, 5.41) is 4.24. The van der Waals surface area contributed by atoms with Crippen molar-refractivity contribution in [3.05, 3.63) is 24.5 Å². The number of hydrogen-bond donors (Lipinski definition) is 1. The molecule has 0 unspecified atom stereocenters. The second kappa shape index (κ2) is 3.95. The van der Waals surface area contributed by atoms with Gasteiger partial charge in [-0.05, 0) is 19.8 Å². The van der Waals surface area contributed by atoms with Gasteiger partial charge < -0.3 is 5.73 Å². The fourth-order valence-corrected chi connectivity index (χ4v) is 1.05. The van der Waals surface area contributed by atoms with Gasteiger partial charge in [-0.1, -0.05) is 6.08 Å². The van der Waals surface area contributed by atoms with Gasteiger partial charge in [-0.25, -0.2) is 0 Å². The van der Waals surface area contributed by atoms with Crippen molar-refractivity contribution in [1.82, 2.24) is 9.78 Å². The first kappa shape index (κ1) is 8.84.